The molecule has 0 aromatic heterocycles. The van der Waals surface area contributed by atoms with Gasteiger partial charge in [-0.3, -0.25) is 4.79 Å². The molecule has 0 unspecified atom stereocenters. The minimum Gasteiger partial charge on any atom is -0.467 e. The Kier molecular flexibility index (Phi) is 7.53. The summed E-state index contributed by atoms with van der Waals surface area (Å²) in [4.78, 5) is 28.2. The maximum atomic E-state index is 13.9. The predicted octanol–water partition coefficient (Wildman–Crippen LogP) is 4.43. The number of ether oxygens (including phenoxy) is 2. The van der Waals surface area contributed by atoms with Crippen LogP contribution >= 0.6 is 0 Å². The molecular weight excluding hydrogens is 414 g/mol. The minimum absolute atomic E-state index is 0.0639. The Morgan fingerprint density at radius 2 is 1.42 bits per heavy atom. The first-order valence-electron chi connectivity index (χ1n) is 11.3. The summed E-state index contributed by atoms with van der Waals surface area (Å²) in [5.74, 6) is -0.889. The molecule has 4 rings (SSSR count). The van der Waals surface area contributed by atoms with Crippen LogP contribution in [0.2, 0.25) is 0 Å². The molecular formula is C28H29NO4. The van der Waals surface area contributed by atoms with Crippen molar-refractivity contribution in [1.82, 2.24) is 4.90 Å². The normalized spacial score (nSPS) is 17.8. The van der Waals surface area contributed by atoms with Crippen LogP contribution in [-0.2, 0) is 25.7 Å². The Balaban J connectivity index is 1.53. The minimum atomic E-state index is -0.609. The van der Waals surface area contributed by atoms with E-state index in [9.17, 15) is 9.59 Å². The van der Waals surface area contributed by atoms with Crippen LogP contribution in [-0.4, -0.2) is 43.1 Å². The standard InChI is InChI=1S/C28H29NO4/c1-32-28(31)25-17-22(20-33-19-21-11-5-2-6-12-21)18-29(25)27(30)26(23-13-7-3-8-14-23)24-15-9-4-10-16-24/h2-16,22,25-26H,17-20H2,1H3/t22-,25-/m0/s1. The van der Waals surface area contributed by atoms with E-state index >= 15 is 0 Å². The molecule has 0 bridgehead atoms. The topological polar surface area (TPSA) is 55.8 Å². The van der Waals surface area contributed by atoms with Crippen LogP contribution in [0.4, 0.5) is 0 Å². The van der Waals surface area contributed by atoms with Crippen LogP contribution in [0.15, 0.2) is 91.0 Å². The summed E-state index contributed by atoms with van der Waals surface area (Å²) in [5.41, 5.74) is 2.91. The Morgan fingerprint density at radius 1 is 0.879 bits per heavy atom. The lowest BCUT2D eigenvalue weighted by atomic mass is 9.90. The van der Waals surface area contributed by atoms with Crippen molar-refractivity contribution in [2.24, 2.45) is 5.92 Å². The molecule has 0 N–H and O–H groups in total. The van der Waals surface area contributed by atoms with E-state index in [1.807, 2.05) is 91.0 Å². The van der Waals surface area contributed by atoms with Gasteiger partial charge in [0.25, 0.3) is 0 Å². The molecule has 2 atom stereocenters. The fraction of sp³-hybridized carbons (Fsp3) is 0.286. The van der Waals surface area contributed by atoms with Crippen molar-refractivity contribution >= 4 is 11.9 Å². The van der Waals surface area contributed by atoms with E-state index in [2.05, 4.69) is 0 Å². The van der Waals surface area contributed by atoms with Crippen molar-refractivity contribution in [3.63, 3.8) is 0 Å². The number of nitrogens with zero attached hydrogens (tertiary/aromatic N) is 1. The first-order valence-corrected chi connectivity index (χ1v) is 11.3. The molecule has 1 heterocycles. The predicted molar refractivity (Wildman–Crippen MR) is 126 cm³/mol. The number of carbonyl (C=O) groups is 2. The lowest BCUT2D eigenvalue weighted by molar-refractivity contribution is -0.151. The van der Waals surface area contributed by atoms with Crippen molar-refractivity contribution < 1.29 is 19.1 Å². The van der Waals surface area contributed by atoms with E-state index < -0.39 is 12.0 Å². The van der Waals surface area contributed by atoms with Crippen molar-refractivity contribution in [2.75, 3.05) is 20.3 Å². The van der Waals surface area contributed by atoms with Gasteiger partial charge in [0.2, 0.25) is 5.91 Å². The lowest BCUT2D eigenvalue weighted by Gasteiger charge is -2.28. The Bertz CT molecular complexity index is 1000. The average Bonchev–Trinajstić information content (AvgIpc) is 3.30. The van der Waals surface area contributed by atoms with Crippen LogP contribution in [0.5, 0.6) is 0 Å². The zero-order valence-electron chi connectivity index (χ0n) is 18.8. The number of benzene rings is 3. The first-order chi connectivity index (χ1) is 16.2. The molecule has 170 valence electrons. The van der Waals surface area contributed by atoms with Crippen LogP contribution in [0.25, 0.3) is 0 Å². The van der Waals surface area contributed by atoms with E-state index in [0.717, 1.165) is 16.7 Å². The fourth-order valence-corrected chi connectivity index (χ4v) is 4.50. The van der Waals surface area contributed by atoms with Gasteiger partial charge in [0, 0.05) is 12.5 Å². The smallest absolute Gasteiger partial charge is 0.328 e. The van der Waals surface area contributed by atoms with Crippen LogP contribution in [0.3, 0.4) is 0 Å². The van der Waals surface area contributed by atoms with Gasteiger partial charge in [-0.2, -0.15) is 0 Å². The van der Waals surface area contributed by atoms with Crippen LogP contribution in [0.1, 0.15) is 29.0 Å². The monoisotopic (exact) mass is 443 g/mol. The van der Waals surface area contributed by atoms with Crippen molar-refractivity contribution in [2.45, 2.75) is 25.0 Å². The maximum absolute atomic E-state index is 13.9. The molecule has 1 aliphatic rings. The largest absolute Gasteiger partial charge is 0.467 e. The molecule has 3 aromatic rings. The average molecular weight is 444 g/mol. The summed E-state index contributed by atoms with van der Waals surface area (Å²) >= 11 is 0. The molecule has 0 radical (unpaired) electrons. The third kappa shape index (κ3) is 5.49. The van der Waals surface area contributed by atoms with Gasteiger partial charge in [0.1, 0.15) is 6.04 Å². The highest BCUT2D eigenvalue weighted by Crippen LogP contribution is 2.32. The van der Waals surface area contributed by atoms with Gasteiger partial charge >= 0.3 is 5.97 Å². The number of esters is 1. The first kappa shape index (κ1) is 22.7. The van der Waals surface area contributed by atoms with Gasteiger partial charge in [-0.25, -0.2) is 4.79 Å². The second-order valence-electron chi connectivity index (χ2n) is 8.39. The van der Waals surface area contributed by atoms with Gasteiger partial charge in [0.05, 0.1) is 26.2 Å². The highest BCUT2D eigenvalue weighted by molar-refractivity contribution is 5.91. The van der Waals surface area contributed by atoms with E-state index in [4.69, 9.17) is 9.47 Å². The molecule has 1 saturated heterocycles. The van der Waals surface area contributed by atoms with Crippen molar-refractivity contribution in [3.8, 4) is 0 Å². The third-order valence-corrected chi connectivity index (χ3v) is 6.12. The molecule has 1 aliphatic heterocycles. The molecule has 0 saturated carbocycles. The maximum Gasteiger partial charge on any atom is 0.328 e. The van der Waals surface area contributed by atoms with Gasteiger partial charge in [0.15, 0.2) is 0 Å². The number of likely N-dealkylation sites (tertiary alicyclic amines) is 1. The summed E-state index contributed by atoms with van der Waals surface area (Å²) < 4.78 is 11.0. The van der Waals surface area contributed by atoms with Crippen LogP contribution < -0.4 is 0 Å². The molecule has 5 heteroatoms. The van der Waals surface area contributed by atoms with Gasteiger partial charge in [-0.05, 0) is 23.1 Å². The zero-order valence-corrected chi connectivity index (χ0v) is 18.8. The highest BCUT2D eigenvalue weighted by Gasteiger charge is 2.42. The quantitative estimate of drug-likeness (QED) is 0.484. The number of rotatable bonds is 8. The Morgan fingerprint density at radius 3 is 1.97 bits per heavy atom. The van der Waals surface area contributed by atoms with E-state index in [0.29, 0.717) is 26.2 Å². The molecule has 1 fully saturated rings. The summed E-state index contributed by atoms with van der Waals surface area (Å²) in [7, 11) is 1.37. The second-order valence-corrected chi connectivity index (χ2v) is 8.39. The number of methoxy groups -OCH3 is 1. The molecule has 3 aromatic carbocycles. The van der Waals surface area contributed by atoms with Crippen molar-refractivity contribution in [1.29, 1.82) is 0 Å². The molecule has 33 heavy (non-hydrogen) atoms. The number of hydrogen-bond acceptors (Lipinski definition) is 4. The van der Waals surface area contributed by atoms with Crippen LogP contribution in [0, 0.1) is 5.92 Å². The Labute approximate surface area is 194 Å². The lowest BCUT2D eigenvalue weighted by Crippen LogP contribution is -2.43. The van der Waals surface area contributed by atoms with Gasteiger partial charge < -0.3 is 14.4 Å². The second kappa shape index (κ2) is 10.9. The summed E-state index contributed by atoms with van der Waals surface area (Å²) in [6.45, 7) is 1.45. The Hall–Kier alpha value is -3.44. The van der Waals surface area contributed by atoms with E-state index in [1.165, 1.54) is 7.11 Å². The van der Waals surface area contributed by atoms with E-state index in [1.54, 1.807) is 4.90 Å². The van der Waals surface area contributed by atoms with E-state index in [-0.39, 0.29) is 17.8 Å². The summed E-state index contributed by atoms with van der Waals surface area (Å²) in [6.07, 6.45) is 0.531. The third-order valence-electron chi connectivity index (χ3n) is 6.12. The van der Waals surface area contributed by atoms with Gasteiger partial charge in [-0.15, -0.1) is 0 Å². The molecule has 1 amide bonds. The number of hydrogen-bond donors (Lipinski definition) is 0. The molecule has 5 nitrogen and oxygen atoms in total. The zero-order chi connectivity index (χ0) is 23.0. The number of amides is 1. The summed E-state index contributed by atoms with van der Waals surface area (Å²) in [5, 5.41) is 0. The van der Waals surface area contributed by atoms with Gasteiger partial charge in [-0.1, -0.05) is 91.0 Å². The SMILES string of the molecule is COC(=O)[C@@H]1C[C@H](COCc2ccccc2)CN1C(=O)C(c1ccccc1)c1ccccc1. The molecule has 0 spiro atoms. The fourth-order valence-electron chi connectivity index (χ4n) is 4.50. The number of carbonyl (C=O) groups excluding carboxylic acids is 2. The van der Waals surface area contributed by atoms with Crippen molar-refractivity contribution in [3.05, 3.63) is 108 Å². The summed E-state index contributed by atoms with van der Waals surface area (Å²) in [6, 6.07) is 28.8. The molecule has 0 aliphatic carbocycles. The highest BCUT2D eigenvalue weighted by atomic mass is 16.5.